The first-order valence-electron chi connectivity index (χ1n) is 6.30. The fourth-order valence-electron chi connectivity index (χ4n) is 2.90. The van der Waals surface area contributed by atoms with Gasteiger partial charge in [-0.05, 0) is 31.0 Å². The zero-order valence-corrected chi connectivity index (χ0v) is 11.5. The number of benzene rings is 2. The summed E-state index contributed by atoms with van der Waals surface area (Å²) in [6, 6.07) is 2.92. The van der Waals surface area contributed by atoms with E-state index in [1.165, 1.54) is 12.1 Å². The Kier molecular flexibility index (Phi) is 2.88. The molecule has 0 heterocycles. The van der Waals surface area contributed by atoms with Gasteiger partial charge in [0, 0.05) is 22.8 Å². The van der Waals surface area contributed by atoms with E-state index in [2.05, 4.69) is 0 Å². The van der Waals surface area contributed by atoms with Gasteiger partial charge in [0.15, 0.2) is 5.78 Å². The molecule has 0 saturated carbocycles. The first-order chi connectivity index (χ1) is 9.41. The van der Waals surface area contributed by atoms with Gasteiger partial charge in [0.05, 0.1) is 16.7 Å². The van der Waals surface area contributed by atoms with Crippen LogP contribution in [0.15, 0.2) is 12.1 Å². The average Bonchev–Trinajstić information content (AvgIpc) is 2.37. The number of phenolic OH excluding ortho intramolecular Hbond substituents is 2. The van der Waals surface area contributed by atoms with Gasteiger partial charge in [-0.25, -0.2) is 0 Å². The van der Waals surface area contributed by atoms with Gasteiger partial charge in [0.1, 0.15) is 11.5 Å². The molecule has 1 aliphatic carbocycles. The van der Waals surface area contributed by atoms with E-state index in [1.54, 1.807) is 6.92 Å². The summed E-state index contributed by atoms with van der Waals surface area (Å²) in [5.74, 6) is -0.368. The van der Waals surface area contributed by atoms with E-state index in [0.29, 0.717) is 16.3 Å². The second-order valence-electron chi connectivity index (χ2n) is 5.11. The molecule has 0 radical (unpaired) electrons. The predicted molar refractivity (Wildman–Crippen MR) is 75.5 cm³/mol. The van der Waals surface area contributed by atoms with E-state index in [-0.39, 0.29) is 46.3 Å². The van der Waals surface area contributed by atoms with E-state index >= 15 is 0 Å². The van der Waals surface area contributed by atoms with Crippen LogP contribution in [0.3, 0.4) is 0 Å². The highest BCUT2D eigenvalue weighted by Gasteiger charge is 2.32. The quantitative estimate of drug-likeness (QED) is 0.696. The minimum absolute atomic E-state index is 0.0212. The van der Waals surface area contributed by atoms with Crippen molar-refractivity contribution < 1.29 is 20.1 Å². The lowest BCUT2D eigenvalue weighted by atomic mass is 9.84. The van der Waals surface area contributed by atoms with Gasteiger partial charge in [-0.3, -0.25) is 4.79 Å². The Morgan fingerprint density at radius 2 is 2.00 bits per heavy atom. The summed E-state index contributed by atoms with van der Waals surface area (Å²) in [5.41, 5.74) is 0.989. The number of hydrogen-bond acceptors (Lipinski definition) is 4. The molecular weight excluding hydrogens is 280 g/mol. The third-order valence-corrected chi connectivity index (χ3v) is 4.20. The molecule has 5 heteroatoms. The van der Waals surface area contributed by atoms with Gasteiger partial charge in [-0.1, -0.05) is 11.6 Å². The molecule has 3 N–H and O–H groups in total. The largest absolute Gasteiger partial charge is 0.508 e. The number of phenols is 2. The highest BCUT2D eigenvalue weighted by molar-refractivity contribution is 6.38. The SMILES string of the molecule is Cc1cc(O)cc2c(Cl)c3c(c(O)c12)C(=O)CCC3O. The van der Waals surface area contributed by atoms with Crippen LogP contribution in [0.25, 0.3) is 10.8 Å². The van der Waals surface area contributed by atoms with Crippen molar-refractivity contribution in [2.24, 2.45) is 0 Å². The summed E-state index contributed by atoms with van der Waals surface area (Å²) in [7, 11) is 0. The van der Waals surface area contributed by atoms with Crippen molar-refractivity contribution in [1.29, 1.82) is 0 Å². The molecule has 0 saturated heterocycles. The zero-order valence-electron chi connectivity index (χ0n) is 10.8. The second kappa shape index (κ2) is 4.36. The number of aryl methyl sites for hydroxylation is 1. The van der Waals surface area contributed by atoms with E-state index in [0.717, 1.165) is 0 Å². The summed E-state index contributed by atoms with van der Waals surface area (Å²) in [4.78, 5) is 12.0. The molecule has 0 amide bonds. The van der Waals surface area contributed by atoms with Gasteiger partial charge < -0.3 is 15.3 Å². The Morgan fingerprint density at radius 1 is 1.30 bits per heavy atom. The van der Waals surface area contributed by atoms with Crippen LogP contribution in [0.4, 0.5) is 0 Å². The molecule has 1 atom stereocenters. The van der Waals surface area contributed by atoms with Crippen LogP contribution in [0.1, 0.15) is 40.4 Å². The van der Waals surface area contributed by atoms with E-state index in [1.807, 2.05) is 0 Å². The van der Waals surface area contributed by atoms with Crippen molar-refractivity contribution in [3.8, 4) is 11.5 Å². The molecule has 2 aromatic rings. The van der Waals surface area contributed by atoms with Crippen molar-refractivity contribution in [1.82, 2.24) is 0 Å². The fourth-order valence-corrected chi connectivity index (χ4v) is 3.26. The number of hydrogen-bond donors (Lipinski definition) is 3. The number of carbonyl (C=O) groups excluding carboxylic acids is 1. The van der Waals surface area contributed by atoms with Gasteiger partial charge >= 0.3 is 0 Å². The number of aliphatic hydroxyl groups is 1. The third-order valence-electron chi connectivity index (χ3n) is 3.79. The molecule has 20 heavy (non-hydrogen) atoms. The van der Waals surface area contributed by atoms with E-state index < -0.39 is 6.10 Å². The highest BCUT2D eigenvalue weighted by Crippen LogP contribution is 2.46. The lowest BCUT2D eigenvalue weighted by molar-refractivity contribution is 0.0893. The highest BCUT2D eigenvalue weighted by atomic mass is 35.5. The number of fused-ring (bicyclic) bond motifs is 2. The van der Waals surface area contributed by atoms with Gasteiger partial charge in [0.25, 0.3) is 0 Å². The number of aromatic hydroxyl groups is 2. The molecule has 1 unspecified atom stereocenters. The summed E-state index contributed by atoms with van der Waals surface area (Å²) < 4.78 is 0. The van der Waals surface area contributed by atoms with Crippen LogP contribution in [0.2, 0.25) is 5.02 Å². The van der Waals surface area contributed by atoms with Crippen molar-refractivity contribution >= 4 is 28.2 Å². The maximum atomic E-state index is 12.0. The summed E-state index contributed by atoms with van der Waals surface area (Å²) in [6.45, 7) is 1.72. The lowest BCUT2D eigenvalue weighted by Gasteiger charge is -2.24. The average molecular weight is 293 g/mol. The fraction of sp³-hybridized carbons (Fsp3) is 0.267. The van der Waals surface area contributed by atoms with Crippen molar-refractivity contribution in [2.75, 3.05) is 0 Å². The van der Waals surface area contributed by atoms with Gasteiger partial charge in [0.2, 0.25) is 0 Å². The number of Topliss-reactive ketones (excluding diaryl/α,β-unsaturated/α-hetero) is 1. The lowest BCUT2D eigenvalue weighted by Crippen LogP contribution is -2.16. The van der Waals surface area contributed by atoms with Crippen molar-refractivity contribution in [2.45, 2.75) is 25.9 Å². The Hall–Kier alpha value is -1.78. The molecule has 0 spiro atoms. The first-order valence-corrected chi connectivity index (χ1v) is 6.68. The zero-order chi connectivity index (χ0) is 14.6. The van der Waals surface area contributed by atoms with Crippen LogP contribution < -0.4 is 0 Å². The summed E-state index contributed by atoms with van der Waals surface area (Å²) in [5, 5.41) is 31.3. The van der Waals surface area contributed by atoms with E-state index in [9.17, 15) is 20.1 Å². The van der Waals surface area contributed by atoms with Gasteiger partial charge in [-0.2, -0.15) is 0 Å². The Morgan fingerprint density at radius 3 is 2.70 bits per heavy atom. The number of rotatable bonds is 0. The number of halogens is 1. The van der Waals surface area contributed by atoms with Crippen LogP contribution in [0, 0.1) is 6.92 Å². The normalized spacial score (nSPS) is 18.4. The first kappa shape index (κ1) is 13.2. The summed E-state index contributed by atoms with van der Waals surface area (Å²) in [6.07, 6.45) is -0.414. The van der Waals surface area contributed by atoms with E-state index in [4.69, 9.17) is 11.6 Å². The van der Waals surface area contributed by atoms with Gasteiger partial charge in [-0.15, -0.1) is 0 Å². The van der Waals surface area contributed by atoms with Crippen LogP contribution in [-0.2, 0) is 0 Å². The van der Waals surface area contributed by atoms with Crippen LogP contribution in [-0.4, -0.2) is 21.1 Å². The molecular formula is C15H13ClO4. The molecule has 3 rings (SSSR count). The standard InChI is InChI=1S/C15H13ClO4/c1-6-4-7(17)5-8-11(6)15(20)13-10(19)3-2-9(18)12(13)14(8)16/h4-5,9,17-18,20H,2-3H2,1H3. The van der Waals surface area contributed by atoms with Crippen molar-refractivity contribution in [3.05, 3.63) is 33.8 Å². The second-order valence-corrected chi connectivity index (χ2v) is 5.49. The smallest absolute Gasteiger partial charge is 0.167 e. The Balaban J connectivity index is 2.54. The summed E-state index contributed by atoms with van der Waals surface area (Å²) >= 11 is 6.30. The molecule has 1 aliphatic rings. The number of carbonyl (C=O) groups is 1. The maximum absolute atomic E-state index is 12.0. The predicted octanol–water partition coefficient (Wildman–Crippen LogP) is 3.22. The molecule has 104 valence electrons. The molecule has 0 aromatic heterocycles. The monoisotopic (exact) mass is 292 g/mol. The maximum Gasteiger partial charge on any atom is 0.167 e. The Bertz CT molecular complexity index is 752. The minimum atomic E-state index is -0.881. The van der Waals surface area contributed by atoms with Crippen LogP contribution >= 0.6 is 11.6 Å². The Labute approximate surface area is 120 Å². The van der Waals surface area contributed by atoms with Crippen LogP contribution in [0.5, 0.6) is 11.5 Å². The number of aliphatic hydroxyl groups excluding tert-OH is 1. The molecule has 0 bridgehead atoms. The molecule has 2 aromatic carbocycles. The molecule has 0 aliphatic heterocycles. The van der Waals surface area contributed by atoms with Crippen molar-refractivity contribution in [3.63, 3.8) is 0 Å². The molecule has 0 fully saturated rings. The molecule has 4 nitrogen and oxygen atoms in total. The number of ketones is 1. The third kappa shape index (κ3) is 1.69. The minimum Gasteiger partial charge on any atom is -0.508 e. The topological polar surface area (TPSA) is 77.8 Å².